The first-order chi connectivity index (χ1) is 13.3. The van der Waals surface area contributed by atoms with Crippen molar-refractivity contribution in [2.75, 3.05) is 18.9 Å². The van der Waals surface area contributed by atoms with Crippen molar-refractivity contribution in [3.05, 3.63) is 0 Å². The second-order valence-electron chi connectivity index (χ2n) is 7.27. The number of aliphatic hydroxyl groups is 1. The lowest BCUT2D eigenvalue weighted by atomic mass is 9.88. The Kier molecular flexibility index (Phi) is 12.0. The average molecular weight is 440 g/mol. The van der Waals surface area contributed by atoms with Crippen LogP contribution in [0.25, 0.3) is 0 Å². The number of hydrogen-bond acceptors (Lipinski definition) is 9. The monoisotopic (exact) mass is 439 g/mol. The van der Waals surface area contributed by atoms with Gasteiger partial charge in [0, 0.05) is 31.7 Å². The Morgan fingerprint density at radius 1 is 1.14 bits per heavy atom. The van der Waals surface area contributed by atoms with Crippen molar-refractivity contribution in [3.8, 4) is 0 Å². The van der Waals surface area contributed by atoms with Gasteiger partial charge in [-0.15, -0.1) is 0 Å². The zero-order valence-electron chi connectivity index (χ0n) is 17.7. The molecule has 0 bridgehead atoms. The first kappa shape index (κ1) is 27.3. The molecule has 0 fully saturated rings. The Bertz CT molecular complexity index is 646. The van der Waals surface area contributed by atoms with Gasteiger partial charge in [-0.25, -0.2) is 4.79 Å². The first-order valence-corrected chi connectivity index (χ1v) is 11.1. The number of carbonyl (C=O) groups is 3. The quantitative estimate of drug-likeness (QED) is 0.174. The minimum atomic E-state index is -3.91. The van der Waals surface area contributed by atoms with Crippen LogP contribution in [0.3, 0.4) is 0 Å². The number of nitrogens with one attached hydrogen (secondary N) is 1. The SMILES string of the molecule is CCCC(=O)OC(CC)OC(=O)[C@H](O)C(C)(C)COS(=O)(=O)CCCNC(C)=O. The molecule has 0 rings (SSSR count). The van der Waals surface area contributed by atoms with E-state index < -0.39 is 46.5 Å². The van der Waals surface area contributed by atoms with E-state index in [1.807, 2.05) is 0 Å². The maximum absolute atomic E-state index is 12.2. The molecule has 10 nitrogen and oxygen atoms in total. The summed E-state index contributed by atoms with van der Waals surface area (Å²) in [6.45, 7) is 7.37. The van der Waals surface area contributed by atoms with E-state index in [1.54, 1.807) is 13.8 Å². The molecule has 0 aromatic rings. The van der Waals surface area contributed by atoms with Crippen LogP contribution in [0.2, 0.25) is 0 Å². The third kappa shape index (κ3) is 11.8. The number of esters is 2. The minimum absolute atomic E-state index is 0.161. The molecule has 1 unspecified atom stereocenters. The zero-order chi connectivity index (χ0) is 22.7. The summed E-state index contributed by atoms with van der Waals surface area (Å²) in [4.78, 5) is 34.5. The Hall–Kier alpha value is -1.72. The van der Waals surface area contributed by atoms with Crippen LogP contribution in [0.5, 0.6) is 0 Å². The fourth-order valence-electron chi connectivity index (χ4n) is 2.01. The largest absolute Gasteiger partial charge is 0.425 e. The zero-order valence-corrected chi connectivity index (χ0v) is 18.5. The highest BCUT2D eigenvalue weighted by Crippen LogP contribution is 2.24. The van der Waals surface area contributed by atoms with Gasteiger partial charge in [0.05, 0.1) is 12.4 Å². The van der Waals surface area contributed by atoms with Crippen LogP contribution < -0.4 is 5.32 Å². The van der Waals surface area contributed by atoms with Crippen molar-refractivity contribution in [1.82, 2.24) is 5.32 Å². The second kappa shape index (κ2) is 12.8. The lowest BCUT2D eigenvalue weighted by molar-refractivity contribution is -0.198. The highest BCUT2D eigenvalue weighted by molar-refractivity contribution is 7.86. The molecule has 2 atom stereocenters. The summed E-state index contributed by atoms with van der Waals surface area (Å²) >= 11 is 0. The van der Waals surface area contributed by atoms with Gasteiger partial charge >= 0.3 is 11.9 Å². The van der Waals surface area contributed by atoms with Crippen LogP contribution in [0.4, 0.5) is 0 Å². The number of hydrogen-bond donors (Lipinski definition) is 2. The summed E-state index contributed by atoms with van der Waals surface area (Å²) in [5, 5.41) is 12.7. The summed E-state index contributed by atoms with van der Waals surface area (Å²) in [6, 6.07) is 0. The average Bonchev–Trinajstić information content (AvgIpc) is 2.62. The van der Waals surface area contributed by atoms with E-state index in [0.29, 0.717) is 6.42 Å². The van der Waals surface area contributed by atoms with E-state index in [0.717, 1.165) is 0 Å². The summed E-state index contributed by atoms with van der Waals surface area (Å²) in [5.41, 5.74) is -1.28. The van der Waals surface area contributed by atoms with Crippen LogP contribution in [0, 0.1) is 5.41 Å². The summed E-state index contributed by atoms with van der Waals surface area (Å²) in [5.74, 6) is -2.15. The van der Waals surface area contributed by atoms with Crippen molar-refractivity contribution in [2.24, 2.45) is 5.41 Å². The molecule has 1 amide bonds. The molecule has 0 aromatic heterocycles. The molecule has 0 aromatic carbocycles. The molecule has 0 aliphatic carbocycles. The van der Waals surface area contributed by atoms with E-state index in [2.05, 4.69) is 5.32 Å². The predicted molar refractivity (Wildman–Crippen MR) is 104 cm³/mol. The highest BCUT2D eigenvalue weighted by Gasteiger charge is 2.38. The fourth-order valence-corrected chi connectivity index (χ4v) is 3.11. The molecule has 0 aliphatic heterocycles. The van der Waals surface area contributed by atoms with E-state index >= 15 is 0 Å². The van der Waals surface area contributed by atoms with Gasteiger partial charge in [0.1, 0.15) is 0 Å². The van der Waals surface area contributed by atoms with Gasteiger partial charge < -0.3 is 19.9 Å². The van der Waals surface area contributed by atoms with E-state index in [-0.39, 0.29) is 37.5 Å². The van der Waals surface area contributed by atoms with Crippen molar-refractivity contribution in [2.45, 2.75) is 72.7 Å². The summed E-state index contributed by atoms with van der Waals surface area (Å²) in [7, 11) is -3.91. The van der Waals surface area contributed by atoms with Crippen LogP contribution in [-0.4, -0.2) is 62.7 Å². The van der Waals surface area contributed by atoms with Gasteiger partial charge in [-0.3, -0.25) is 13.8 Å². The topological polar surface area (TPSA) is 145 Å². The number of ether oxygens (including phenoxy) is 2. The predicted octanol–water partition coefficient (Wildman–Crippen LogP) is 0.869. The number of carbonyl (C=O) groups excluding carboxylic acids is 3. The summed E-state index contributed by atoms with van der Waals surface area (Å²) < 4.78 is 38.8. The molecule has 0 spiro atoms. The molecule has 2 N–H and O–H groups in total. The molecule has 0 aliphatic rings. The Morgan fingerprint density at radius 2 is 1.76 bits per heavy atom. The normalized spacial score (nSPS) is 14.0. The van der Waals surface area contributed by atoms with Gasteiger partial charge in [0.25, 0.3) is 10.1 Å². The second-order valence-corrected chi connectivity index (χ2v) is 9.03. The van der Waals surface area contributed by atoms with Gasteiger partial charge in [-0.1, -0.05) is 27.7 Å². The fraction of sp³-hybridized carbons (Fsp3) is 0.833. The Balaban J connectivity index is 4.67. The molecular weight excluding hydrogens is 406 g/mol. The smallest absolute Gasteiger partial charge is 0.338 e. The van der Waals surface area contributed by atoms with Gasteiger partial charge in [-0.2, -0.15) is 8.42 Å². The number of rotatable bonds is 14. The van der Waals surface area contributed by atoms with Crippen LogP contribution >= 0.6 is 0 Å². The molecule has 11 heteroatoms. The van der Waals surface area contributed by atoms with E-state index in [4.69, 9.17) is 13.7 Å². The standard InChI is InChI=1S/C18H33NO9S/c1-6-9-14(21)27-15(7-2)28-17(23)16(22)18(4,5)12-26-29(24,25)11-8-10-19-13(3)20/h15-16,22H,6-12H2,1-5H3,(H,19,20)/t15?,16-/m0/s1. The van der Waals surface area contributed by atoms with Gasteiger partial charge in [0.2, 0.25) is 12.2 Å². The molecular formula is C18H33NO9S. The maximum Gasteiger partial charge on any atom is 0.338 e. The minimum Gasteiger partial charge on any atom is -0.425 e. The molecule has 170 valence electrons. The molecule has 0 radical (unpaired) electrons. The van der Waals surface area contributed by atoms with Crippen molar-refractivity contribution in [3.63, 3.8) is 0 Å². The van der Waals surface area contributed by atoms with Crippen molar-refractivity contribution in [1.29, 1.82) is 0 Å². The highest BCUT2D eigenvalue weighted by atomic mass is 32.2. The maximum atomic E-state index is 12.2. The Labute approximate surface area is 172 Å². The first-order valence-electron chi connectivity index (χ1n) is 9.54. The van der Waals surface area contributed by atoms with Crippen molar-refractivity contribution >= 4 is 28.0 Å². The van der Waals surface area contributed by atoms with Crippen LogP contribution in [0.15, 0.2) is 0 Å². The van der Waals surface area contributed by atoms with Gasteiger partial charge in [0.15, 0.2) is 6.10 Å². The molecule has 0 saturated heterocycles. The van der Waals surface area contributed by atoms with Crippen molar-refractivity contribution < 1.29 is 41.6 Å². The van der Waals surface area contributed by atoms with Gasteiger partial charge in [-0.05, 0) is 12.8 Å². The third-order valence-electron chi connectivity index (χ3n) is 3.82. The molecule has 29 heavy (non-hydrogen) atoms. The van der Waals surface area contributed by atoms with E-state index in [1.165, 1.54) is 20.8 Å². The lowest BCUT2D eigenvalue weighted by Gasteiger charge is -2.29. The number of aliphatic hydroxyl groups excluding tert-OH is 1. The van der Waals surface area contributed by atoms with Crippen LogP contribution in [0.1, 0.15) is 60.3 Å². The molecule has 0 saturated carbocycles. The third-order valence-corrected chi connectivity index (χ3v) is 5.08. The summed E-state index contributed by atoms with van der Waals surface area (Å²) in [6.07, 6.45) is -1.71. The lowest BCUT2D eigenvalue weighted by Crippen LogP contribution is -2.43. The van der Waals surface area contributed by atoms with Crippen LogP contribution in [-0.2, 0) is 38.2 Å². The van der Waals surface area contributed by atoms with E-state index in [9.17, 15) is 27.9 Å². The Morgan fingerprint density at radius 3 is 2.28 bits per heavy atom. The number of amides is 1. The molecule has 0 heterocycles.